The van der Waals surface area contributed by atoms with Crippen LogP contribution in [0.15, 0.2) is 22.6 Å². The molecule has 0 aliphatic heterocycles. The predicted molar refractivity (Wildman–Crippen MR) is 113 cm³/mol. The molecule has 0 saturated heterocycles. The van der Waals surface area contributed by atoms with Gasteiger partial charge in [-0.2, -0.15) is 0 Å². The second-order valence-electron chi connectivity index (χ2n) is 6.54. The third-order valence-corrected chi connectivity index (χ3v) is 6.69. The summed E-state index contributed by atoms with van der Waals surface area (Å²) < 4.78 is 1.57. The first kappa shape index (κ1) is 20.6. The number of aryl methyl sites for hydroxylation is 2. The fourth-order valence-electron chi connectivity index (χ4n) is 3.29. The van der Waals surface area contributed by atoms with Crippen LogP contribution in [-0.4, -0.2) is 33.8 Å². The lowest BCUT2D eigenvalue weighted by molar-refractivity contribution is -0.117. The van der Waals surface area contributed by atoms with Gasteiger partial charge < -0.3 is 5.32 Å². The molecule has 3 rings (SSSR count). The average Bonchev–Trinajstić information content (AvgIpc) is 2.84. The maximum absolute atomic E-state index is 13.2. The van der Waals surface area contributed by atoms with Crippen LogP contribution in [0.25, 0.3) is 10.2 Å². The molecule has 2 heterocycles. The van der Waals surface area contributed by atoms with E-state index in [9.17, 15) is 14.4 Å². The first-order chi connectivity index (χ1) is 13.5. The lowest BCUT2D eigenvalue weighted by Gasteiger charge is -2.10. The van der Waals surface area contributed by atoms with Gasteiger partial charge in [0.15, 0.2) is 5.16 Å². The highest BCUT2D eigenvalue weighted by Gasteiger charge is 2.21. The molecule has 9 heteroatoms. The quantitative estimate of drug-likeness (QED) is 0.324. The zero-order valence-electron chi connectivity index (χ0n) is 15.9. The van der Waals surface area contributed by atoms with Crippen LogP contribution in [-0.2, 0) is 24.2 Å². The van der Waals surface area contributed by atoms with Gasteiger partial charge in [-0.25, -0.2) is 9.78 Å². The number of fused-ring (bicyclic) bond motifs is 3. The van der Waals surface area contributed by atoms with Crippen LogP contribution in [0.1, 0.15) is 36.6 Å². The smallest absolute Gasteiger partial charge is 0.321 e. The van der Waals surface area contributed by atoms with Crippen molar-refractivity contribution in [3.63, 3.8) is 0 Å². The van der Waals surface area contributed by atoms with Gasteiger partial charge in [-0.15, -0.1) is 17.9 Å². The molecule has 2 aromatic heterocycles. The number of hydrogen-bond donors (Lipinski definition) is 2. The Hall–Kier alpha value is -2.13. The molecule has 28 heavy (non-hydrogen) atoms. The van der Waals surface area contributed by atoms with Crippen molar-refractivity contribution in [3.05, 3.63) is 33.4 Å². The van der Waals surface area contributed by atoms with Crippen LogP contribution < -0.4 is 16.2 Å². The van der Waals surface area contributed by atoms with E-state index in [0.29, 0.717) is 18.2 Å². The molecular formula is C19H24N4O3S2. The molecule has 0 radical (unpaired) electrons. The van der Waals surface area contributed by atoms with Gasteiger partial charge in [-0.1, -0.05) is 24.3 Å². The van der Waals surface area contributed by atoms with E-state index in [1.807, 2.05) is 0 Å². The lowest BCUT2D eigenvalue weighted by Crippen LogP contribution is -2.40. The Balaban J connectivity index is 1.90. The van der Waals surface area contributed by atoms with Gasteiger partial charge in [0, 0.05) is 18.0 Å². The maximum atomic E-state index is 13.2. The van der Waals surface area contributed by atoms with Crippen molar-refractivity contribution in [1.29, 1.82) is 0 Å². The number of nitrogens with one attached hydrogen (secondary N) is 2. The number of allylic oxidation sites excluding steroid dienone is 1. The minimum absolute atomic E-state index is 0.00267. The van der Waals surface area contributed by atoms with Gasteiger partial charge in [0.2, 0.25) is 5.91 Å². The fourth-order valence-corrected chi connectivity index (χ4v) is 5.41. The zero-order valence-corrected chi connectivity index (χ0v) is 17.5. The number of carbonyl (C=O) groups is 2. The number of imide groups is 1. The van der Waals surface area contributed by atoms with Crippen molar-refractivity contribution in [2.75, 3.05) is 12.3 Å². The van der Waals surface area contributed by atoms with E-state index in [1.165, 1.54) is 11.3 Å². The summed E-state index contributed by atoms with van der Waals surface area (Å²) >= 11 is 2.74. The highest BCUT2D eigenvalue weighted by molar-refractivity contribution is 7.99. The van der Waals surface area contributed by atoms with E-state index in [1.54, 1.807) is 28.9 Å². The summed E-state index contributed by atoms with van der Waals surface area (Å²) in [5, 5.41) is 5.96. The molecule has 0 fully saturated rings. The molecule has 0 bridgehead atoms. The van der Waals surface area contributed by atoms with Crippen LogP contribution >= 0.6 is 23.1 Å². The van der Waals surface area contributed by atoms with Gasteiger partial charge >= 0.3 is 6.03 Å². The number of rotatable bonds is 6. The van der Waals surface area contributed by atoms with Gasteiger partial charge in [0.1, 0.15) is 4.83 Å². The number of carbonyl (C=O) groups excluding carboxylic acids is 2. The number of amides is 3. The standard InChI is InChI=1S/C19H24N4O3S2/c1-3-10-23-17(25)15-12-8-6-5-7-9-13(12)28-16(15)22-19(23)27-11-14(24)21-18(26)20-4-2/h3H,1,4-11H2,2H3,(H2,20,21,24,26). The summed E-state index contributed by atoms with van der Waals surface area (Å²) in [6.45, 7) is 6.27. The van der Waals surface area contributed by atoms with E-state index in [4.69, 9.17) is 4.98 Å². The molecule has 3 amide bonds. The topological polar surface area (TPSA) is 93.1 Å². The Morgan fingerprint density at radius 2 is 2.11 bits per heavy atom. The normalized spacial score (nSPS) is 13.6. The van der Waals surface area contributed by atoms with E-state index in [-0.39, 0.29) is 11.3 Å². The zero-order chi connectivity index (χ0) is 20.1. The third kappa shape index (κ3) is 4.47. The molecule has 2 aromatic rings. The minimum Gasteiger partial charge on any atom is -0.338 e. The Labute approximate surface area is 171 Å². The van der Waals surface area contributed by atoms with E-state index in [0.717, 1.165) is 53.2 Å². The van der Waals surface area contributed by atoms with E-state index in [2.05, 4.69) is 17.2 Å². The molecule has 150 valence electrons. The molecule has 1 aliphatic rings. The molecule has 2 N–H and O–H groups in total. The fraction of sp³-hybridized carbons (Fsp3) is 0.474. The third-order valence-electron chi connectivity index (χ3n) is 4.52. The highest BCUT2D eigenvalue weighted by atomic mass is 32.2. The SMILES string of the molecule is C=CCn1c(SCC(=O)NC(=O)NCC)nc2sc3c(c2c1=O)CCCCC3. The van der Waals surface area contributed by atoms with E-state index >= 15 is 0 Å². The largest absolute Gasteiger partial charge is 0.338 e. The number of urea groups is 1. The van der Waals surface area contributed by atoms with Crippen molar-refractivity contribution in [1.82, 2.24) is 20.2 Å². The predicted octanol–water partition coefficient (Wildman–Crippen LogP) is 2.85. The van der Waals surface area contributed by atoms with Crippen LogP contribution in [0.4, 0.5) is 4.79 Å². The first-order valence-corrected chi connectivity index (χ1v) is 11.2. The Morgan fingerprint density at radius 1 is 1.32 bits per heavy atom. The second kappa shape index (κ2) is 9.38. The molecule has 0 spiro atoms. The number of thioether (sulfide) groups is 1. The van der Waals surface area contributed by atoms with Crippen LogP contribution in [0.2, 0.25) is 0 Å². The van der Waals surface area contributed by atoms with Crippen LogP contribution in [0, 0.1) is 0 Å². The number of nitrogens with zero attached hydrogens (tertiary/aromatic N) is 2. The lowest BCUT2D eigenvalue weighted by atomic mass is 10.1. The number of thiophene rings is 1. The summed E-state index contributed by atoms with van der Waals surface area (Å²) in [4.78, 5) is 43.4. The van der Waals surface area contributed by atoms with Crippen molar-refractivity contribution >= 4 is 45.3 Å². The summed E-state index contributed by atoms with van der Waals surface area (Å²) in [7, 11) is 0. The van der Waals surface area contributed by atoms with Crippen molar-refractivity contribution in [2.45, 2.75) is 50.7 Å². The second-order valence-corrected chi connectivity index (χ2v) is 8.57. The molecule has 0 atom stereocenters. The van der Waals surface area contributed by atoms with Crippen molar-refractivity contribution < 1.29 is 9.59 Å². The van der Waals surface area contributed by atoms with Gasteiger partial charge in [0.25, 0.3) is 5.56 Å². The molecule has 7 nitrogen and oxygen atoms in total. The summed E-state index contributed by atoms with van der Waals surface area (Å²) in [5.74, 6) is -0.436. The average molecular weight is 421 g/mol. The Morgan fingerprint density at radius 3 is 2.86 bits per heavy atom. The summed E-state index contributed by atoms with van der Waals surface area (Å²) in [5.41, 5.74) is 1.08. The van der Waals surface area contributed by atoms with Crippen molar-refractivity contribution in [3.8, 4) is 0 Å². The monoisotopic (exact) mass is 420 g/mol. The van der Waals surface area contributed by atoms with Gasteiger partial charge in [0.05, 0.1) is 11.1 Å². The summed E-state index contributed by atoms with van der Waals surface area (Å²) in [6, 6.07) is -0.526. The van der Waals surface area contributed by atoms with Crippen molar-refractivity contribution in [2.24, 2.45) is 0 Å². The van der Waals surface area contributed by atoms with Gasteiger partial charge in [-0.05, 0) is 38.2 Å². The molecular weight excluding hydrogens is 396 g/mol. The summed E-state index contributed by atoms with van der Waals surface area (Å²) in [6.07, 6.45) is 6.99. The van der Waals surface area contributed by atoms with Gasteiger partial charge in [-0.3, -0.25) is 19.5 Å². The van der Waals surface area contributed by atoms with Crippen LogP contribution in [0.5, 0.6) is 0 Å². The molecule has 1 aliphatic carbocycles. The van der Waals surface area contributed by atoms with Crippen LogP contribution in [0.3, 0.4) is 0 Å². The first-order valence-electron chi connectivity index (χ1n) is 9.41. The van der Waals surface area contributed by atoms with E-state index < -0.39 is 11.9 Å². The maximum Gasteiger partial charge on any atom is 0.321 e. The highest BCUT2D eigenvalue weighted by Crippen LogP contribution is 2.34. The Bertz CT molecular complexity index is 964. The molecule has 0 unspecified atom stereocenters. The molecule has 0 saturated carbocycles. The Kier molecular flexibility index (Phi) is 6.90. The molecule has 0 aromatic carbocycles. The number of hydrogen-bond acceptors (Lipinski definition) is 6. The number of aromatic nitrogens is 2. The minimum atomic E-state index is -0.526.